The first-order chi connectivity index (χ1) is 13.6. The first kappa shape index (κ1) is 22.1. The number of nitrogens with zero attached hydrogens (tertiary/aromatic N) is 1. The molecule has 1 amide bonds. The number of carbonyl (C=O) groups is 1. The number of ether oxygens (including phenoxy) is 2. The molecule has 0 unspecified atom stereocenters. The fourth-order valence-corrected chi connectivity index (χ4v) is 5.00. The van der Waals surface area contributed by atoms with Crippen LogP contribution in [-0.2, 0) is 14.9 Å². The minimum absolute atomic E-state index is 0.100. The average Bonchev–Trinajstić information content (AvgIpc) is 3.00. The van der Waals surface area contributed by atoms with Crippen LogP contribution in [0.3, 0.4) is 0 Å². The lowest BCUT2D eigenvalue weighted by Crippen LogP contribution is -2.43. The van der Waals surface area contributed by atoms with Gasteiger partial charge in [-0.05, 0) is 59.8 Å². The van der Waals surface area contributed by atoms with Gasteiger partial charge < -0.3 is 9.47 Å². The number of amides is 1. The summed E-state index contributed by atoms with van der Waals surface area (Å²) in [6, 6.07) is 6.05. The van der Waals surface area contributed by atoms with Crippen LogP contribution in [0.25, 0.3) is 0 Å². The Kier molecular flexibility index (Phi) is 6.62. The molecule has 0 bridgehead atoms. The van der Waals surface area contributed by atoms with Gasteiger partial charge in [0.1, 0.15) is 12.0 Å². The molecule has 2 aliphatic rings. The summed E-state index contributed by atoms with van der Waals surface area (Å²) < 4.78 is 12.2. The van der Waals surface area contributed by atoms with E-state index < -0.39 is 0 Å². The van der Waals surface area contributed by atoms with Crippen LogP contribution in [-0.4, -0.2) is 25.3 Å². The maximum atomic E-state index is 13.0. The average molecular weight is 402 g/mol. The summed E-state index contributed by atoms with van der Waals surface area (Å²) in [6.45, 7) is 13.5. The summed E-state index contributed by atoms with van der Waals surface area (Å²) in [5.74, 6) is 2.84. The highest BCUT2D eigenvalue weighted by atomic mass is 16.5. The fraction of sp³-hybridized carbons (Fsp3) is 0.720. The molecule has 0 radical (unpaired) electrons. The van der Waals surface area contributed by atoms with Crippen LogP contribution < -0.4 is 9.64 Å². The molecule has 162 valence electrons. The first-order valence-electron chi connectivity index (χ1n) is 11.3. The summed E-state index contributed by atoms with van der Waals surface area (Å²) in [4.78, 5) is 14.9. The van der Waals surface area contributed by atoms with Gasteiger partial charge in [-0.1, -0.05) is 48.0 Å². The Bertz CT molecular complexity index is 721. The van der Waals surface area contributed by atoms with Gasteiger partial charge in [0.05, 0.1) is 18.9 Å². The van der Waals surface area contributed by atoms with E-state index in [0.29, 0.717) is 24.2 Å². The fourth-order valence-electron chi connectivity index (χ4n) is 5.00. The quantitative estimate of drug-likeness (QED) is 0.614. The van der Waals surface area contributed by atoms with Gasteiger partial charge >= 0.3 is 0 Å². The number of rotatable bonds is 5. The van der Waals surface area contributed by atoms with Crippen molar-refractivity contribution in [2.45, 2.75) is 91.4 Å². The molecule has 3 rings (SSSR count). The zero-order valence-corrected chi connectivity index (χ0v) is 19.3. The highest BCUT2D eigenvalue weighted by Gasteiger charge is 2.40. The monoisotopic (exact) mass is 401 g/mol. The number of anilines is 1. The molecule has 0 spiro atoms. The molecule has 1 aliphatic heterocycles. The Balaban J connectivity index is 1.91. The number of carbonyl (C=O) groups excluding carboxylic acids is 1. The number of benzene rings is 1. The summed E-state index contributed by atoms with van der Waals surface area (Å²) >= 11 is 0. The zero-order valence-electron chi connectivity index (χ0n) is 19.3. The Morgan fingerprint density at radius 3 is 2.48 bits per heavy atom. The van der Waals surface area contributed by atoms with Gasteiger partial charge in [-0.3, -0.25) is 9.69 Å². The van der Waals surface area contributed by atoms with Crippen molar-refractivity contribution in [3.8, 4) is 5.75 Å². The smallest absolute Gasteiger partial charge is 0.229 e. The molecular weight excluding hydrogens is 362 g/mol. The molecule has 0 N–H and O–H groups in total. The van der Waals surface area contributed by atoms with E-state index in [4.69, 9.17) is 9.47 Å². The van der Waals surface area contributed by atoms with Crippen LogP contribution in [0.1, 0.15) is 79.2 Å². The van der Waals surface area contributed by atoms with Crippen molar-refractivity contribution < 1.29 is 14.3 Å². The Hall–Kier alpha value is -1.55. The highest BCUT2D eigenvalue weighted by Crippen LogP contribution is 2.41. The van der Waals surface area contributed by atoms with Crippen LogP contribution in [0.15, 0.2) is 18.2 Å². The van der Waals surface area contributed by atoms with Crippen molar-refractivity contribution in [3.05, 3.63) is 23.8 Å². The van der Waals surface area contributed by atoms with E-state index >= 15 is 0 Å². The lowest BCUT2D eigenvalue weighted by atomic mass is 9.75. The highest BCUT2D eigenvalue weighted by molar-refractivity contribution is 5.97. The molecule has 1 saturated carbocycles. The SMILES string of the molecule is COc1ccc(N2C(=O)CC[C@H]2O[C@@H]2C[C@H](C)CC[C@H]2C(C)C)c(C(C)(C)C)c1. The van der Waals surface area contributed by atoms with Crippen LogP contribution in [0.5, 0.6) is 5.75 Å². The van der Waals surface area contributed by atoms with Gasteiger partial charge in [-0.25, -0.2) is 0 Å². The number of hydrogen-bond acceptors (Lipinski definition) is 3. The van der Waals surface area contributed by atoms with Crippen molar-refractivity contribution >= 4 is 11.6 Å². The van der Waals surface area contributed by atoms with Crippen LogP contribution in [0.4, 0.5) is 5.69 Å². The van der Waals surface area contributed by atoms with Crippen molar-refractivity contribution in [1.82, 2.24) is 0 Å². The molecule has 1 saturated heterocycles. The summed E-state index contributed by atoms with van der Waals surface area (Å²) in [7, 11) is 1.69. The Labute approximate surface area is 177 Å². The van der Waals surface area contributed by atoms with Gasteiger partial charge in [0.15, 0.2) is 0 Å². The van der Waals surface area contributed by atoms with E-state index in [1.807, 2.05) is 17.0 Å². The summed E-state index contributed by atoms with van der Waals surface area (Å²) in [6.07, 6.45) is 4.97. The summed E-state index contributed by atoms with van der Waals surface area (Å²) in [5, 5.41) is 0. The Morgan fingerprint density at radius 1 is 1.14 bits per heavy atom. The van der Waals surface area contributed by atoms with Crippen LogP contribution in [0, 0.1) is 17.8 Å². The molecular formula is C25H39NO3. The molecule has 1 heterocycles. The van der Waals surface area contributed by atoms with Crippen LogP contribution >= 0.6 is 0 Å². The van der Waals surface area contributed by atoms with E-state index in [-0.39, 0.29) is 23.7 Å². The third-order valence-electron chi connectivity index (χ3n) is 6.73. The number of methoxy groups -OCH3 is 1. The number of hydrogen-bond donors (Lipinski definition) is 0. The van der Waals surface area contributed by atoms with E-state index in [2.05, 4.69) is 47.6 Å². The molecule has 1 aliphatic carbocycles. The molecule has 0 aromatic heterocycles. The lowest BCUT2D eigenvalue weighted by molar-refractivity contribution is -0.119. The van der Waals surface area contributed by atoms with Gasteiger partial charge in [0.25, 0.3) is 0 Å². The zero-order chi connectivity index (χ0) is 21.3. The largest absolute Gasteiger partial charge is 0.497 e. The lowest BCUT2D eigenvalue weighted by Gasteiger charge is -2.40. The maximum absolute atomic E-state index is 13.0. The molecule has 1 aromatic carbocycles. The van der Waals surface area contributed by atoms with E-state index in [9.17, 15) is 4.79 Å². The second-order valence-electron chi connectivity index (χ2n) is 10.4. The standard InChI is InChI=1S/C25H39NO3/c1-16(2)19-10-8-17(3)14-22(19)29-24-13-12-23(27)26(24)21-11-9-18(28-7)15-20(21)25(4,5)6/h9,11,15-17,19,22,24H,8,10,12-14H2,1-7H3/t17-,19+,22-,24-/m1/s1. The van der Waals surface area contributed by atoms with E-state index in [1.165, 1.54) is 12.8 Å². The van der Waals surface area contributed by atoms with E-state index in [1.54, 1.807) is 7.11 Å². The first-order valence-corrected chi connectivity index (χ1v) is 11.3. The maximum Gasteiger partial charge on any atom is 0.229 e. The molecule has 1 aromatic rings. The van der Waals surface area contributed by atoms with Crippen LogP contribution in [0.2, 0.25) is 0 Å². The third-order valence-corrected chi connectivity index (χ3v) is 6.73. The molecule has 29 heavy (non-hydrogen) atoms. The van der Waals surface area contributed by atoms with Gasteiger partial charge in [-0.2, -0.15) is 0 Å². The second kappa shape index (κ2) is 8.67. The molecule has 4 heteroatoms. The molecule has 2 fully saturated rings. The van der Waals surface area contributed by atoms with Gasteiger partial charge in [0, 0.05) is 12.8 Å². The van der Waals surface area contributed by atoms with Crippen molar-refractivity contribution in [1.29, 1.82) is 0 Å². The van der Waals surface area contributed by atoms with Crippen molar-refractivity contribution in [3.63, 3.8) is 0 Å². The minimum atomic E-state index is -0.173. The molecule has 4 atom stereocenters. The predicted molar refractivity (Wildman–Crippen MR) is 118 cm³/mol. The minimum Gasteiger partial charge on any atom is -0.497 e. The third kappa shape index (κ3) is 4.79. The second-order valence-corrected chi connectivity index (χ2v) is 10.4. The molecule has 4 nitrogen and oxygen atoms in total. The topological polar surface area (TPSA) is 38.8 Å². The van der Waals surface area contributed by atoms with Gasteiger partial charge in [0.2, 0.25) is 5.91 Å². The predicted octanol–water partition coefficient (Wildman–Crippen LogP) is 5.92. The van der Waals surface area contributed by atoms with Crippen molar-refractivity contribution in [2.75, 3.05) is 12.0 Å². The normalized spacial score (nSPS) is 28.3. The van der Waals surface area contributed by atoms with Gasteiger partial charge in [-0.15, -0.1) is 0 Å². The van der Waals surface area contributed by atoms with Crippen molar-refractivity contribution in [2.24, 2.45) is 17.8 Å². The Morgan fingerprint density at radius 2 is 1.86 bits per heavy atom. The van der Waals surface area contributed by atoms with E-state index in [0.717, 1.165) is 29.8 Å². The summed E-state index contributed by atoms with van der Waals surface area (Å²) in [5.41, 5.74) is 1.99.